The first kappa shape index (κ1) is 16.2. The molecule has 1 rings (SSSR count). The maximum absolute atomic E-state index is 5.99. The Hall–Kier alpha value is -1.83. The second kappa shape index (κ2) is 7.69. The minimum Gasteiger partial charge on any atom is -0.297 e. The summed E-state index contributed by atoms with van der Waals surface area (Å²) in [6.07, 6.45) is 5.98. The lowest BCUT2D eigenvalue weighted by Gasteiger charge is -2.09. The molecule has 0 amide bonds. The zero-order valence-corrected chi connectivity index (χ0v) is 13.1. The van der Waals surface area contributed by atoms with Gasteiger partial charge in [-0.3, -0.25) is 4.99 Å². The number of allylic oxidation sites excluding steroid dienone is 6. The van der Waals surface area contributed by atoms with Crippen LogP contribution in [-0.2, 0) is 0 Å². The van der Waals surface area contributed by atoms with Crippen LogP contribution >= 0.6 is 0 Å². The smallest absolute Gasteiger partial charge is 0.116 e. The summed E-state index contributed by atoms with van der Waals surface area (Å²) in [5, 5.41) is 0. The third kappa shape index (κ3) is 4.69. The molecule has 2 radical (unpaired) electrons. The first-order valence-electron chi connectivity index (χ1n) is 6.76. The fraction of sp³-hybridized carbons (Fsp3) is 0.278. The molecule has 0 unspecified atom stereocenters. The van der Waals surface area contributed by atoms with E-state index < -0.39 is 0 Å². The van der Waals surface area contributed by atoms with E-state index in [-0.39, 0.29) is 0 Å². The number of rotatable bonds is 4. The van der Waals surface area contributed by atoms with Crippen LogP contribution in [0.15, 0.2) is 58.0 Å². The van der Waals surface area contributed by atoms with Gasteiger partial charge in [-0.15, -0.1) is 0 Å². The van der Waals surface area contributed by atoms with Gasteiger partial charge in [0.1, 0.15) is 7.85 Å². The van der Waals surface area contributed by atoms with Gasteiger partial charge < -0.3 is 0 Å². The molecule has 0 aromatic heterocycles. The van der Waals surface area contributed by atoms with Gasteiger partial charge in [0.2, 0.25) is 0 Å². The van der Waals surface area contributed by atoms with Crippen molar-refractivity contribution in [2.45, 2.75) is 27.7 Å². The molecule has 0 aliphatic heterocycles. The SMILES string of the molecule is [B]/C(C=NC)=C(C)\C=C(/C=C(C)C)c1ccccc1C. The number of hydrogen-bond acceptors (Lipinski definition) is 1. The fourth-order valence-electron chi connectivity index (χ4n) is 1.96. The maximum atomic E-state index is 5.99. The number of nitrogens with zero attached hydrogens (tertiary/aromatic N) is 1. The van der Waals surface area contributed by atoms with Crippen molar-refractivity contribution in [2.24, 2.45) is 4.99 Å². The summed E-state index contributed by atoms with van der Waals surface area (Å²) in [5.74, 6) is 0. The van der Waals surface area contributed by atoms with Gasteiger partial charge in [-0.1, -0.05) is 53.0 Å². The zero-order valence-electron chi connectivity index (χ0n) is 13.1. The third-order valence-electron chi connectivity index (χ3n) is 3.00. The molecule has 0 heterocycles. The molecule has 0 saturated carbocycles. The second-order valence-electron chi connectivity index (χ2n) is 5.16. The van der Waals surface area contributed by atoms with Crippen LogP contribution in [0.4, 0.5) is 0 Å². The van der Waals surface area contributed by atoms with E-state index in [4.69, 9.17) is 7.85 Å². The van der Waals surface area contributed by atoms with Crippen LogP contribution in [-0.4, -0.2) is 21.1 Å². The lowest BCUT2D eigenvalue weighted by molar-refractivity contribution is 1.37. The summed E-state index contributed by atoms with van der Waals surface area (Å²) >= 11 is 0. The Labute approximate surface area is 124 Å². The highest BCUT2D eigenvalue weighted by Gasteiger charge is 2.03. The van der Waals surface area contributed by atoms with Crippen LogP contribution < -0.4 is 0 Å². The Morgan fingerprint density at radius 2 is 1.75 bits per heavy atom. The Kier molecular flexibility index (Phi) is 6.24. The van der Waals surface area contributed by atoms with Gasteiger partial charge in [-0.25, -0.2) is 0 Å². The molecule has 0 bridgehead atoms. The molecule has 102 valence electrons. The molecule has 1 aromatic rings. The van der Waals surface area contributed by atoms with Gasteiger partial charge in [-0.05, 0) is 44.4 Å². The second-order valence-corrected chi connectivity index (χ2v) is 5.16. The summed E-state index contributed by atoms with van der Waals surface area (Å²) < 4.78 is 0. The molecule has 0 atom stereocenters. The van der Waals surface area contributed by atoms with Gasteiger partial charge in [0.15, 0.2) is 0 Å². The van der Waals surface area contributed by atoms with Crippen LogP contribution in [0.3, 0.4) is 0 Å². The summed E-state index contributed by atoms with van der Waals surface area (Å²) in [6.45, 7) is 8.33. The Bertz CT molecular complexity index is 585. The first-order valence-corrected chi connectivity index (χ1v) is 6.76. The fourth-order valence-corrected chi connectivity index (χ4v) is 1.96. The Morgan fingerprint density at radius 1 is 1.10 bits per heavy atom. The van der Waals surface area contributed by atoms with Crippen molar-refractivity contribution in [1.82, 2.24) is 0 Å². The summed E-state index contributed by atoms with van der Waals surface area (Å²) in [6, 6.07) is 8.38. The Morgan fingerprint density at radius 3 is 2.30 bits per heavy atom. The van der Waals surface area contributed by atoms with Crippen molar-refractivity contribution in [1.29, 1.82) is 0 Å². The van der Waals surface area contributed by atoms with Crippen LogP contribution in [0, 0.1) is 6.92 Å². The first-order chi connectivity index (χ1) is 9.45. The summed E-state index contributed by atoms with van der Waals surface area (Å²) in [5.41, 5.74) is 6.64. The minimum absolute atomic E-state index is 0.695. The lowest BCUT2D eigenvalue weighted by Crippen LogP contribution is -1.91. The number of aliphatic imine (C=N–C) groups is 1. The van der Waals surface area contributed by atoms with E-state index in [9.17, 15) is 0 Å². The molecule has 0 saturated heterocycles. The van der Waals surface area contributed by atoms with Crippen molar-refractivity contribution >= 4 is 19.6 Å². The predicted molar refractivity (Wildman–Crippen MR) is 91.5 cm³/mol. The highest BCUT2D eigenvalue weighted by Crippen LogP contribution is 2.23. The van der Waals surface area contributed by atoms with Crippen molar-refractivity contribution in [2.75, 3.05) is 7.05 Å². The number of aryl methyl sites for hydroxylation is 1. The molecule has 1 aromatic carbocycles. The van der Waals surface area contributed by atoms with Crippen molar-refractivity contribution in [3.05, 3.63) is 64.2 Å². The largest absolute Gasteiger partial charge is 0.297 e. The van der Waals surface area contributed by atoms with E-state index in [1.54, 1.807) is 13.3 Å². The lowest BCUT2D eigenvalue weighted by atomic mass is 9.89. The highest BCUT2D eigenvalue weighted by atomic mass is 14.6. The topological polar surface area (TPSA) is 12.4 Å². The molecular weight excluding hydrogens is 241 g/mol. The number of benzene rings is 1. The maximum Gasteiger partial charge on any atom is 0.116 e. The normalized spacial score (nSPS) is 13.3. The average molecular weight is 263 g/mol. The molecule has 20 heavy (non-hydrogen) atoms. The summed E-state index contributed by atoms with van der Waals surface area (Å²) in [4.78, 5) is 3.96. The van der Waals surface area contributed by atoms with Crippen LogP contribution in [0.1, 0.15) is 31.9 Å². The molecule has 1 nitrogen and oxygen atoms in total. The van der Waals surface area contributed by atoms with E-state index in [0.29, 0.717) is 5.47 Å². The van der Waals surface area contributed by atoms with Crippen molar-refractivity contribution < 1.29 is 0 Å². The quantitative estimate of drug-likeness (QED) is 0.431. The molecule has 0 N–H and O–H groups in total. The van der Waals surface area contributed by atoms with E-state index in [1.165, 1.54) is 22.3 Å². The molecule has 0 aliphatic rings. The highest BCUT2D eigenvalue weighted by molar-refractivity contribution is 6.33. The van der Waals surface area contributed by atoms with E-state index in [2.05, 4.69) is 62.2 Å². The monoisotopic (exact) mass is 263 g/mol. The van der Waals surface area contributed by atoms with E-state index in [0.717, 1.165) is 5.57 Å². The van der Waals surface area contributed by atoms with E-state index in [1.807, 2.05) is 6.92 Å². The molecule has 0 aliphatic carbocycles. The van der Waals surface area contributed by atoms with Gasteiger partial charge in [0.05, 0.1) is 0 Å². The van der Waals surface area contributed by atoms with Gasteiger partial charge in [0, 0.05) is 13.3 Å². The van der Waals surface area contributed by atoms with Crippen LogP contribution in [0.25, 0.3) is 5.57 Å². The van der Waals surface area contributed by atoms with Crippen molar-refractivity contribution in [3.8, 4) is 0 Å². The predicted octanol–water partition coefficient (Wildman–Crippen LogP) is 4.49. The molecule has 0 fully saturated rings. The number of hydrogen-bond donors (Lipinski definition) is 0. The standard InChI is InChI=1S/C18H22BN/c1-13(2)10-16(11-15(4)18(19)12-20-5)17-9-7-6-8-14(17)3/h6-12H,1-5H3/b16-11+,18-15-,20-12?. The van der Waals surface area contributed by atoms with Gasteiger partial charge in [-0.2, -0.15) is 0 Å². The van der Waals surface area contributed by atoms with E-state index >= 15 is 0 Å². The zero-order chi connectivity index (χ0) is 15.1. The Balaban J connectivity index is 3.39. The summed E-state index contributed by atoms with van der Waals surface area (Å²) in [7, 11) is 7.71. The molecule has 2 heteroatoms. The average Bonchev–Trinajstić information content (AvgIpc) is 2.38. The third-order valence-corrected chi connectivity index (χ3v) is 3.00. The van der Waals surface area contributed by atoms with Gasteiger partial charge >= 0.3 is 0 Å². The van der Waals surface area contributed by atoms with Gasteiger partial charge in [0.25, 0.3) is 0 Å². The van der Waals surface area contributed by atoms with Crippen LogP contribution in [0.2, 0.25) is 0 Å². The molecule has 0 spiro atoms. The van der Waals surface area contributed by atoms with Crippen LogP contribution in [0.5, 0.6) is 0 Å². The van der Waals surface area contributed by atoms with Crippen molar-refractivity contribution in [3.63, 3.8) is 0 Å². The molecular formula is C18H22BN. The minimum atomic E-state index is 0.695.